The second-order valence-electron chi connectivity index (χ2n) is 2.54. The SMILES string of the molecule is CNC1CC=C(N)CC1. The molecule has 0 spiro atoms. The summed E-state index contributed by atoms with van der Waals surface area (Å²) in [7, 11) is 2.00. The molecule has 0 saturated carbocycles. The van der Waals surface area contributed by atoms with Crippen LogP contribution < -0.4 is 11.1 Å². The molecule has 0 bridgehead atoms. The van der Waals surface area contributed by atoms with Gasteiger partial charge in [-0.3, -0.25) is 0 Å². The molecule has 0 aromatic heterocycles. The number of allylic oxidation sites excluding steroid dienone is 1. The molecular formula is C7H14N2. The number of hydrogen-bond acceptors (Lipinski definition) is 2. The molecule has 2 nitrogen and oxygen atoms in total. The molecule has 1 atom stereocenters. The van der Waals surface area contributed by atoms with Gasteiger partial charge in [-0.2, -0.15) is 0 Å². The maximum Gasteiger partial charge on any atom is 0.0103 e. The minimum absolute atomic E-state index is 0.664. The van der Waals surface area contributed by atoms with Crippen LogP contribution in [-0.4, -0.2) is 13.1 Å². The summed E-state index contributed by atoms with van der Waals surface area (Å²) < 4.78 is 0. The van der Waals surface area contributed by atoms with E-state index in [-0.39, 0.29) is 0 Å². The zero-order valence-electron chi connectivity index (χ0n) is 5.85. The Morgan fingerprint density at radius 2 is 2.56 bits per heavy atom. The molecule has 1 aliphatic carbocycles. The fourth-order valence-electron chi connectivity index (χ4n) is 1.12. The van der Waals surface area contributed by atoms with Gasteiger partial charge in [0.15, 0.2) is 0 Å². The minimum Gasteiger partial charge on any atom is -0.402 e. The zero-order valence-corrected chi connectivity index (χ0v) is 5.85. The first-order chi connectivity index (χ1) is 4.33. The van der Waals surface area contributed by atoms with Crippen molar-refractivity contribution in [2.75, 3.05) is 7.05 Å². The van der Waals surface area contributed by atoms with E-state index in [2.05, 4.69) is 11.4 Å². The molecule has 52 valence electrons. The van der Waals surface area contributed by atoms with Crippen LogP contribution in [0.3, 0.4) is 0 Å². The van der Waals surface area contributed by atoms with E-state index in [1.165, 1.54) is 6.42 Å². The highest BCUT2D eigenvalue weighted by molar-refractivity contribution is 5.03. The van der Waals surface area contributed by atoms with Gasteiger partial charge in [0.05, 0.1) is 0 Å². The van der Waals surface area contributed by atoms with Gasteiger partial charge in [-0.1, -0.05) is 6.08 Å². The van der Waals surface area contributed by atoms with Crippen LogP contribution in [0.2, 0.25) is 0 Å². The molecule has 9 heavy (non-hydrogen) atoms. The van der Waals surface area contributed by atoms with E-state index >= 15 is 0 Å². The molecule has 1 aliphatic rings. The van der Waals surface area contributed by atoms with Crippen molar-refractivity contribution in [2.24, 2.45) is 5.73 Å². The van der Waals surface area contributed by atoms with Crippen LogP contribution in [-0.2, 0) is 0 Å². The minimum atomic E-state index is 0.664. The lowest BCUT2D eigenvalue weighted by atomic mass is 10.0. The van der Waals surface area contributed by atoms with Crippen LogP contribution in [0, 0.1) is 0 Å². The van der Waals surface area contributed by atoms with Crippen LogP contribution in [0.1, 0.15) is 19.3 Å². The third kappa shape index (κ3) is 1.72. The fraction of sp³-hybridized carbons (Fsp3) is 0.714. The highest BCUT2D eigenvalue weighted by atomic mass is 14.9. The van der Waals surface area contributed by atoms with Gasteiger partial charge >= 0.3 is 0 Å². The number of hydrogen-bond donors (Lipinski definition) is 2. The van der Waals surface area contributed by atoms with Crippen molar-refractivity contribution in [3.05, 3.63) is 11.8 Å². The molecule has 0 radical (unpaired) electrons. The van der Waals surface area contributed by atoms with Crippen molar-refractivity contribution in [3.8, 4) is 0 Å². The molecule has 0 saturated heterocycles. The van der Waals surface area contributed by atoms with E-state index in [1.807, 2.05) is 7.05 Å². The smallest absolute Gasteiger partial charge is 0.0103 e. The highest BCUT2D eigenvalue weighted by Crippen LogP contribution is 2.13. The molecule has 0 heterocycles. The molecule has 2 heteroatoms. The van der Waals surface area contributed by atoms with Crippen LogP contribution in [0.25, 0.3) is 0 Å². The predicted molar refractivity (Wildman–Crippen MR) is 39.0 cm³/mol. The molecule has 3 N–H and O–H groups in total. The van der Waals surface area contributed by atoms with E-state index in [0.717, 1.165) is 18.5 Å². The average Bonchev–Trinajstić information content (AvgIpc) is 1.90. The first-order valence-corrected chi connectivity index (χ1v) is 3.44. The van der Waals surface area contributed by atoms with Crippen molar-refractivity contribution in [2.45, 2.75) is 25.3 Å². The Balaban J connectivity index is 2.36. The highest BCUT2D eigenvalue weighted by Gasteiger charge is 2.08. The fourth-order valence-corrected chi connectivity index (χ4v) is 1.12. The summed E-state index contributed by atoms with van der Waals surface area (Å²) in [6, 6.07) is 0.664. The monoisotopic (exact) mass is 126 g/mol. The first-order valence-electron chi connectivity index (χ1n) is 3.44. The van der Waals surface area contributed by atoms with Gasteiger partial charge < -0.3 is 11.1 Å². The van der Waals surface area contributed by atoms with Crippen molar-refractivity contribution < 1.29 is 0 Å². The summed E-state index contributed by atoms with van der Waals surface area (Å²) in [5, 5.41) is 3.22. The number of nitrogens with one attached hydrogen (secondary N) is 1. The van der Waals surface area contributed by atoms with Gasteiger partial charge in [0.1, 0.15) is 0 Å². The molecule has 0 fully saturated rings. The molecule has 1 rings (SSSR count). The summed E-state index contributed by atoms with van der Waals surface area (Å²) in [5.74, 6) is 0. The van der Waals surface area contributed by atoms with E-state index < -0.39 is 0 Å². The molecule has 0 amide bonds. The van der Waals surface area contributed by atoms with Gasteiger partial charge in [0.2, 0.25) is 0 Å². The van der Waals surface area contributed by atoms with Gasteiger partial charge in [0.25, 0.3) is 0 Å². The van der Waals surface area contributed by atoms with E-state index in [4.69, 9.17) is 5.73 Å². The van der Waals surface area contributed by atoms with Gasteiger partial charge in [0, 0.05) is 11.7 Å². The maximum absolute atomic E-state index is 5.58. The standard InChI is InChI=1S/C7H14N2/c1-9-7-4-2-6(8)3-5-7/h2,7,9H,3-5,8H2,1H3. The third-order valence-corrected chi connectivity index (χ3v) is 1.85. The normalized spacial score (nSPS) is 27.7. The Hall–Kier alpha value is -0.500. The van der Waals surface area contributed by atoms with E-state index in [0.29, 0.717) is 6.04 Å². The summed E-state index contributed by atoms with van der Waals surface area (Å²) in [5.41, 5.74) is 6.64. The maximum atomic E-state index is 5.58. The Morgan fingerprint density at radius 3 is 3.00 bits per heavy atom. The molecule has 0 aromatic rings. The molecule has 1 unspecified atom stereocenters. The van der Waals surface area contributed by atoms with Crippen LogP contribution >= 0.6 is 0 Å². The van der Waals surface area contributed by atoms with Crippen molar-refractivity contribution in [1.82, 2.24) is 5.32 Å². The second-order valence-corrected chi connectivity index (χ2v) is 2.54. The largest absolute Gasteiger partial charge is 0.402 e. The number of rotatable bonds is 1. The van der Waals surface area contributed by atoms with Crippen LogP contribution in [0.4, 0.5) is 0 Å². The summed E-state index contributed by atoms with van der Waals surface area (Å²) in [4.78, 5) is 0. The van der Waals surface area contributed by atoms with Crippen molar-refractivity contribution in [3.63, 3.8) is 0 Å². The first kappa shape index (κ1) is 6.62. The Bertz CT molecular complexity index is 118. The van der Waals surface area contributed by atoms with E-state index in [1.54, 1.807) is 0 Å². The summed E-state index contributed by atoms with van der Waals surface area (Å²) in [6.07, 6.45) is 5.47. The molecular weight excluding hydrogens is 112 g/mol. The van der Waals surface area contributed by atoms with Gasteiger partial charge in [-0.05, 0) is 26.3 Å². The molecule has 0 aromatic carbocycles. The summed E-state index contributed by atoms with van der Waals surface area (Å²) in [6.45, 7) is 0. The van der Waals surface area contributed by atoms with Crippen LogP contribution in [0.5, 0.6) is 0 Å². The molecule has 0 aliphatic heterocycles. The number of nitrogens with two attached hydrogens (primary N) is 1. The topological polar surface area (TPSA) is 38.0 Å². The lowest BCUT2D eigenvalue weighted by Crippen LogP contribution is -2.27. The lowest BCUT2D eigenvalue weighted by Gasteiger charge is -2.18. The van der Waals surface area contributed by atoms with Gasteiger partial charge in [-0.15, -0.1) is 0 Å². The zero-order chi connectivity index (χ0) is 6.69. The van der Waals surface area contributed by atoms with Crippen LogP contribution in [0.15, 0.2) is 11.8 Å². The van der Waals surface area contributed by atoms with E-state index in [9.17, 15) is 0 Å². The second kappa shape index (κ2) is 2.87. The Kier molecular flexibility index (Phi) is 2.11. The van der Waals surface area contributed by atoms with Crippen molar-refractivity contribution >= 4 is 0 Å². The van der Waals surface area contributed by atoms with Crippen molar-refractivity contribution in [1.29, 1.82) is 0 Å². The quantitative estimate of drug-likeness (QED) is 0.540. The third-order valence-electron chi connectivity index (χ3n) is 1.85. The average molecular weight is 126 g/mol. The van der Waals surface area contributed by atoms with Gasteiger partial charge in [-0.25, -0.2) is 0 Å². The Morgan fingerprint density at radius 1 is 1.78 bits per heavy atom. The Labute approximate surface area is 56.1 Å². The lowest BCUT2D eigenvalue weighted by molar-refractivity contribution is 0.505. The predicted octanol–water partition coefficient (Wildman–Crippen LogP) is 0.601. The summed E-state index contributed by atoms with van der Waals surface area (Å²) >= 11 is 0.